The van der Waals surface area contributed by atoms with Crippen molar-refractivity contribution in [2.45, 2.75) is 0 Å². The molecule has 0 heterocycles. The summed E-state index contributed by atoms with van der Waals surface area (Å²) in [5.74, 6) is -0.531. The second-order valence-corrected chi connectivity index (χ2v) is 5.86. The number of nitrogen functional groups attached to an aromatic ring is 1. The fraction of sp³-hybridized carbons (Fsp3) is 0.0714. The van der Waals surface area contributed by atoms with E-state index in [-0.39, 0.29) is 5.56 Å². The fourth-order valence-electron chi connectivity index (χ4n) is 1.75. The van der Waals surface area contributed by atoms with E-state index in [0.717, 1.165) is 4.47 Å². The van der Waals surface area contributed by atoms with E-state index in [4.69, 9.17) is 33.7 Å². The molecular formula is C14H11BrCl2N2O2. The van der Waals surface area contributed by atoms with E-state index in [1.54, 1.807) is 24.3 Å². The average molecular weight is 390 g/mol. The molecule has 4 nitrogen and oxygen atoms in total. The van der Waals surface area contributed by atoms with Crippen molar-refractivity contribution in [2.24, 2.45) is 0 Å². The molecule has 0 aromatic heterocycles. The number of nitrogens with one attached hydrogen (secondary N) is 1. The number of esters is 1. The lowest BCUT2D eigenvalue weighted by Crippen LogP contribution is -2.07. The van der Waals surface area contributed by atoms with Crippen LogP contribution in [0.5, 0.6) is 0 Å². The summed E-state index contributed by atoms with van der Waals surface area (Å²) in [6.07, 6.45) is 0. The molecule has 0 amide bonds. The lowest BCUT2D eigenvalue weighted by molar-refractivity contribution is 0.0602. The predicted molar refractivity (Wildman–Crippen MR) is 89.6 cm³/mol. The summed E-state index contributed by atoms with van der Waals surface area (Å²) in [5.41, 5.74) is 7.47. The Morgan fingerprint density at radius 3 is 2.62 bits per heavy atom. The van der Waals surface area contributed by atoms with Crippen LogP contribution in [-0.4, -0.2) is 13.1 Å². The van der Waals surface area contributed by atoms with E-state index >= 15 is 0 Å². The normalized spacial score (nSPS) is 10.3. The summed E-state index contributed by atoms with van der Waals surface area (Å²) in [6.45, 7) is 0. The van der Waals surface area contributed by atoms with Gasteiger partial charge in [0.05, 0.1) is 29.1 Å². The first-order chi connectivity index (χ1) is 9.92. The van der Waals surface area contributed by atoms with E-state index in [1.807, 2.05) is 0 Å². The number of hydrogen-bond donors (Lipinski definition) is 2. The Bertz CT molecular complexity index is 708. The molecule has 2 rings (SSSR count). The van der Waals surface area contributed by atoms with E-state index in [9.17, 15) is 4.79 Å². The largest absolute Gasteiger partial charge is 0.465 e. The molecule has 2 aromatic carbocycles. The van der Waals surface area contributed by atoms with Gasteiger partial charge in [-0.05, 0) is 46.3 Å². The lowest BCUT2D eigenvalue weighted by atomic mass is 10.1. The molecular weight excluding hydrogens is 379 g/mol. The highest BCUT2D eigenvalue weighted by Crippen LogP contribution is 2.35. The summed E-state index contributed by atoms with van der Waals surface area (Å²) < 4.78 is 5.48. The SMILES string of the molecule is COC(=O)c1cc(N)cc(Cl)c1Nc1ccc(Cl)cc1Br. The molecule has 0 saturated carbocycles. The zero-order valence-corrected chi connectivity index (χ0v) is 14.0. The molecule has 2 aromatic rings. The number of ether oxygens (including phenoxy) is 1. The van der Waals surface area contributed by atoms with Crippen LogP contribution >= 0.6 is 39.1 Å². The molecule has 0 aliphatic rings. The molecule has 0 unspecified atom stereocenters. The molecule has 0 aliphatic carbocycles. The zero-order valence-electron chi connectivity index (χ0n) is 10.9. The third-order valence-electron chi connectivity index (χ3n) is 2.71. The summed E-state index contributed by atoms with van der Waals surface area (Å²) in [5, 5.41) is 3.99. The fourth-order valence-corrected chi connectivity index (χ4v) is 2.81. The topological polar surface area (TPSA) is 64.3 Å². The predicted octanol–water partition coefficient (Wildman–Crippen LogP) is 4.87. The van der Waals surface area contributed by atoms with Crippen LogP contribution in [-0.2, 0) is 4.74 Å². The number of carbonyl (C=O) groups is 1. The Balaban J connectivity index is 2.50. The van der Waals surface area contributed by atoms with E-state index in [0.29, 0.717) is 27.1 Å². The van der Waals surface area contributed by atoms with Crippen molar-refractivity contribution >= 4 is 62.2 Å². The van der Waals surface area contributed by atoms with Crippen LogP contribution in [0.4, 0.5) is 17.1 Å². The van der Waals surface area contributed by atoms with Gasteiger partial charge in [-0.1, -0.05) is 23.2 Å². The summed E-state index contributed by atoms with van der Waals surface area (Å²) in [7, 11) is 1.29. The molecule has 3 N–H and O–H groups in total. The minimum Gasteiger partial charge on any atom is -0.465 e. The molecule has 0 radical (unpaired) electrons. The Morgan fingerprint density at radius 2 is 2.00 bits per heavy atom. The van der Waals surface area contributed by atoms with Gasteiger partial charge in [0.1, 0.15) is 0 Å². The number of halogens is 3. The molecule has 7 heteroatoms. The molecule has 0 atom stereocenters. The Labute approximate surface area is 140 Å². The second kappa shape index (κ2) is 6.56. The van der Waals surface area contributed by atoms with Crippen molar-refractivity contribution in [1.82, 2.24) is 0 Å². The number of rotatable bonds is 3. The van der Waals surface area contributed by atoms with Gasteiger partial charge in [-0.25, -0.2) is 4.79 Å². The third-order valence-corrected chi connectivity index (χ3v) is 3.90. The van der Waals surface area contributed by atoms with Crippen molar-refractivity contribution < 1.29 is 9.53 Å². The molecule has 0 spiro atoms. The van der Waals surface area contributed by atoms with Gasteiger partial charge in [-0.2, -0.15) is 0 Å². The maximum absolute atomic E-state index is 11.9. The first-order valence-corrected chi connectivity index (χ1v) is 7.36. The maximum atomic E-state index is 11.9. The van der Waals surface area contributed by atoms with Crippen LogP contribution in [0.2, 0.25) is 10.0 Å². The van der Waals surface area contributed by atoms with Gasteiger partial charge in [0.25, 0.3) is 0 Å². The Hall–Kier alpha value is -1.43. The molecule has 21 heavy (non-hydrogen) atoms. The molecule has 0 saturated heterocycles. The highest BCUT2D eigenvalue weighted by molar-refractivity contribution is 9.10. The van der Waals surface area contributed by atoms with Crippen LogP contribution in [0.1, 0.15) is 10.4 Å². The molecule has 110 valence electrons. The van der Waals surface area contributed by atoms with Crippen molar-refractivity contribution in [3.05, 3.63) is 50.4 Å². The van der Waals surface area contributed by atoms with Crippen molar-refractivity contribution in [3.63, 3.8) is 0 Å². The number of methoxy groups -OCH3 is 1. The first-order valence-electron chi connectivity index (χ1n) is 5.81. The molecule has 0 bridgehead atoms. The second-order valence-electron chi connectivity index (χ2n) is 4.17. The quantitative estimate of drug-likeness (QED) is 0.580. The summed E-state index contributed by atoms with van der Waals surface area (Å²) in [4.78, 5) is 11.9. The lowest BCUT2D eigenvalue weighted by Gasteiger charge is -2.15. The van der Waals surface area contributed by atoms with Gasteiger partial charge in [-0.3, -0.25) is 0 Å². The standard InChI is InChI=1S/C14H11BrCl2N2O2/c1-21-14(20)9-5-8(18)6-11(17)13(9)19-12-3-2-7(16)4-10(12)15/h2-6,19H,18H2,1H3. The molecule has 0 fully saturated rings. The zero-order chi connectivity index (χ0) is 15.6. The molecule has 0 aliphatic heterocycles. The smallest absolute Gasteiger partial charge is 0.340 e. The van der Waals surface area contributed by atoms with Crippen molar-refractivity contribution in [3.8, 4) is 0 Å². The minimum atomic E-state index is -0.531. The van der Waals surface area contributed by atoms with Crippen LogP contribution in [0.25, 0.3) is 0 Å². The number of carbonyl (C=O) groups excluding carboxylic acids is 1. The number of anilines is 3. The van der Waals surface area contributed by atoms with E-state index in [1.165, 1.54) is 13.2 Å². The van der Waals surface area contributed by atoms with Crippen molar-refractivity contribution in [2.75, 3.05) is 18.2 Å². The minimum absolute atomic E-state index is 0.254. The number of hydrogen-bond acceptors (Lipinski definition) is 4. The third kappa shape index (κ3) is 3.61. The summed E-state index contributed by atoms with van der Waals surface area (Å²) in [6, 6.07) is 8.27. The van der Waals surface area contributed by atoms with Crippen LogP contribution < -0.4 is 11.1 Å². The van der Waals surface area contributed by atoms with Gasteiger partial charge < -0.3 is 15.8 Å². The monoisotopic (exact) mass is 388 g/mol. The summed E-state index contributed by atoms with van der Waals surface area (Å²) >= 11 is 15.5. The van der Waals surface area contributed by atoms with Gasteiger partial charge in [0.15, 0.2) is 0 Å². The van der Waals surface area contributed by atoms with Crippen molar-refractivity contribution in [1.29, 1.82) is 0 Å². The Morgan fingerprint density at radius 1 is 1.29 bits per heavy atom. The van der Waals surface area contributed by atoms with Gasteiger partial charge >= 0.3 is 5.97 Å². The van der Waals surface area contributed by atoms with Gasteiger partial charge in [0.2, 0.25) is 0 Å². The Kier molecular flexibility index (Phi) is 4.98. The van der Waals surface area contributed by atoms with Gasteiger partial charge in [0, 0.05) is 15.2 Å². The van der Waals surface area contributed by atoms with Crippen LogP contribution in [0, 0.1) is 0 Å². The average Bonchev–Trinajstić information content (AvgIpc) is 2.42. The van der Waals surface area contributed by atoms with Gasteiger partial charge in [-0.15, -0.1) is 0 Å². The number of benzene rings is 2. The highest BCUT2D eigenvalue weighted by Gasteiger charge is 2.17. The van der Waals surface area contributed by atoms with E-state index in [2.05, 4.69) is 21.2 Å². The maximum Gasteiger partial charge on any atom is 0.340 e. The van der Waals surface area contributed by atoms with Crippen LogP contribution in [0.3, 0.4) is 0 Å². The highest BCUT2D eigenvalue weighted by atomic mass is 79.9. The van der Waals surface area contributed by atoms with Crippen LogP contribution in [0.15, 0.2) is 34.8 Å². The first kappa shape index (κ1) is 15.9. The van der Waals surface area contributed by atoms with E-state index < -0.39 is 5.97 Å². The number of nitrogens with two attached hydrogens (primary N) is 1.